The maximum atomic E-state index is 13.1. The molecule has 0 aliphatic carbocycles. The fourth-order valence-corrected chi connectivity index (χ4v) is 3.72. The number of methoxy groups -OCH3 is 1. The molecule has 0 spiro atoms. The highest BCUT2D eigenvalue weighted by molar-refractivity contribution is 9.10. The van der Waals surface area contributed by atoms with Crippen LogP contribution in [0.25, 0.3) is 0 Å². The Balaban J connectivity index is 1.62. The molecule has 0 fully saturated rings. The van der Waals surface area contributed by atoms with Crippen molar-refractivity contribution in [2.24, 2.45) is 5.10 Å². The third-order valence-electron chi connectivity index (χ3n) is 4.61. The fraction of sp³-hybridized carbons (Fsp3) is 0.160. The van der Waals surface area contributed by atoms with Crippen molar-refractivity contribution in [1.29, 1.82) is 0 Å². The van der Waals surface area contributed by atoms with Gasteiger partial charge in [0.1, 0.15) is 12.4 Å². The van der Waals surface area contributed by atoms with Crippen molar-refractivity contribution >= 4 is 39.6 Å². The van der Waals surface area contributed by atoms with E-state index in [1.54, 1.807) is 36.4 Å². The molecular formula is C25H23BrFN3O4. The van der Waals surface area contributed by atoms with E-state index < -0.39 is 11.8 Å². The van der Waals surface area contributed by atoms with Gasteiger partial charge in [-0.05, 0) is 88.4 Å². The average Bonchev–Trinajstić information content (AvgIpc) is 2.78. The topological polar surface area (TPSA) is 89.0 Å². The SMILES string of the molecule is COc1cc(C=NNC(=O)C(=O)Nc2cc(C)cc(C)c2)cc(Br)c1OCc1ccc(F)cc1. The number of halogens is 2. The van der Waals surface area contributed by atoms with E-state index in [4.69, 9.17) is 9.47 Å². The highest BCUT2D eigenvalue weighted by Crippen LogP contribution is 2.36. The second-order valence-electron chi connectivity index (χ2n) is 7.48. The third-order valence-corrected chi connectivity index (χ3v) is 5.20. The number of rotatable bonds is 7. The summed E-state index contributed by atoms with van der Waals surface area (Å²) in [5.41, 5.74) is 6.06. The minimum absolute atomic E-state index is 0.217. The van der Waals surface area contributed by atoms with Crippen molar-refractivity contribution in [3.05, 3.63) is 87.1 Å². The number of hydrazone groups is 1. The highest BCUT2D eigenvalue weighted by Gasteiger charge is 2.14. The molecule has 0 bridgehead atoms. The first-order valence-corrected chi connectivity index (χ1v) is 11.0. The number of anilines is 1. The largest absolute Gasteiger partial charge is 0.493 e. The zero-order valence-corrected chi connectivity index (χ0v) is 20.4. The van der Waals surface area contributed by atoms with E-state index in [9.17, 15) is 14.0 Å². The quantitative estimate of drug-likeness (QED) is 0.260. The summed E-state index contributed by atoms with van der Waals surface area (Å²) in [4.78, 5) is 24.2. The lowest BCUT2D eigenvalue weighted by atomic mass is 10.1. The molecule has 176 valence electrons. The fourth-order valence-electron chi connectivity index (χ4n) is 3.14. The summed E-state index contributed by atoms with van der Waals surface area (Å²) >= 11 is 3.44. The molecule has 0 heterocycles. The summed E-state index contributed by atoms with van der Waals surface area (Å²) in [5, 5.41) is 6.40. The van der Waals surface area contributed by atoms with Crippen molar-refractivity contribution in [3.63, 3.8) is 0 Å². The van der Waals surface area contributed by atoms with Gasteiger partial charge < -0.3 is 14.8 Å². The van der Waals surface area contributed by atoms with Gasteiger partial charge in [0.2, 0.25) is 0 Å². The van der Waals surface area contributed by atoms with Crippen LogP contribution in [0.4, 0.5) is 10.1 Å². The molecule has 3 aromatic carbocycles. The maximum absolute atomic E-state index is 13.1. The zero-order valence-electron chi connectivity index (χ0n) is 18.8. The Bertz CT molecular complexity index is 1210. The molecule has 3 aromatic rings. The molecule has 0 aliphatic rings. The summed E-state index contributed by atoms with van der Waals surface area (Å²) in [7, 11) is 1.49. The first-order valence-electron chi connectivity index (χ1n) is 10.2. The molecule has 0 aliphatic heterocycles. The predicted octanol–water partition coefficient (Wildman–Crippen LogP) is 4.88. The molecule has 0 saturated carbocycles. The summed E-state index contributed by atoms with van der Waals surface area (Å²) in [5.74, 6) is -1.16. The Hall–Kier alpha value is -3.72. The zero-order chi connectivity index (χ0) is 24.7. The maximum Gasteiger partial charge on any atom is 0.329 e. The molecule has 34 heavy (non-hydrogen) atoms. The molecule has 0 atom stereocenters. The van der Waals surface area contributed by atoms with Crippen molar-refractivity contribution < 1.29 is 23.5 Å². The lowest BCUT2D eigenvalue weighted by Crippen LogP contribution is -2.32. The number of nitrogens with zero attached hydrogens (tertiary/aromatic N) is 1. The monoisotopic (exact) mass is 527 g/mol. The molecule has 0 aromatic heterocycles. The Morgan fingerprint density at radius 1 is 1.03 bits per heavy atom. The minimum Gasteiger partial charge on any atom is -0.493 e. The number of amides is 2. The lowest BCUT2D eigenvalue weighted by Gasteiger charge is -2.13. The minimum atomic E-state index is -0.902. The second-order valence-corrected chi connectivity index (χ2v) is 8.33. The van der Waals surface area contributed by atoms with Crippen LogP contribution in [0.2, 0.25) is 0 Å². The van der Waals surface area contributed by atoms with Gasteiger partial charge in [0, 0.05) is 5.69 Å². The van der Waals surface area contributed by atoms with E-state index in [2.05, 4.69) is 31.8 Å². The van der Waals surface area contributed by atoms with Crippen LogP contribution in [0.15, 0.2) is 64.2 Å². The van der Waals surface area contributed by atoms with Crippen LogP contribution in [0, 0.1) is 19.7 Å². The van der Waals surface area contributed by atoms with E-state index in [-0.39, 0.29) is 12.4 Å². The van der Waals surface area contributed by atoms with Crippen molar-refractivity contribution in [2.45, 2.75) is 20.5 Å². The molecule has 0 unspecified atom stereocenters. The lowest BCUT2D eigenvalue weighted by molar-refractivity contribution is -0.136. The smallest absolute Gasteiger partial charge is 0.329 e. The molecular weight excluding hydrogens is 505 g/mol. The molecule has 0 radical (unpaired) electrons. The van der Waals surface area contributed by atoms with E-state index in [1.165, 1.54) is 25.5 Å². The molecule has 7 nitrogen and oxygen atoms in total. The Kier molecular flexibility index (Phi) is 8.37. The number of nitrogens with one attached hydrogen (secondary N) is 2. The van der Waals surface area contributed by atoms with E-state index in [1.807, 2.05) is 19.9 Å². The first kappa shape index (κ1) is 24.9. The normalized spacial score (nSPS) is 10.7. The average molecular weight is 528 g/mol. The number of hydrogen-bond donors (Lipinski definition) is 2. The third kappa shape index (κ3) is 6.89. The van der Waals surface area contributed by atoms with E-state index in [0.29, 0.717) is 27.2 Å². The number of ether oxygens (including phenoxy) is 2. The molecule has 2 N–H and O–H groups in total. The molecule has 9 heteroatoms. The van der Waals surface area contributed by atoms with Crippen molar-refractivity contribution in [3.8, 4) is 11.5 Å². The highest BCUT2D eigenvalue weighted by atomic mass is 79.9. The van der Waals surface area contributed by atoms with Crippen molar-refractivity contribution in [1.82, 2.24) is 5.43 Å². The van der Waals surface area contributed by atoms with Crippen LogP contribution in [0.3, 0.4) is 0 Å². The predicted molar refractivity (Wildman–Crippen MR) is 132 cm³/mol. The van der Waals surface area contributed by atoms with Gasteiger partial charge >= 0.3 is 11.8 Å². The summed E-state index contributed by atoms with van der Waals surface area (Å²) < 4.78 is 24.9. The number of aryl methyl sites for hydroxylation is 2. The Morgan fingerprint density at radius 3 is 2.35 bits per heavy atom. The number of carbonyl (C=O) groups excluding carboxylic acids is 2. The van der Waals surface area contributed by atoms with Crippen LogP contribution in [0.1, 0.15) is 22.3 Å². The molecule has 3 rings (SSSR count). The first-order chi connectivity index (χ1) is 16.2. The number of carbonyl (C=O) groups is 2. The molecule has 0 saturated heterocycles. The second kappa shape index (κ2) is 11.4. The van der Waals surface area contributed by atoms with Crippen LogP contribution in [0.5, 0.6) is 11.5 Å². The van der Waals surface area contributed by atoms with Crippen molar-refractivity contribution in [2.75, 3.05) is 12.4 Å². The van der Waals surface area contributed by atoms with Gasteiger partial charge in [0.25, 0.3) is 0 Å². The van der Waals surface area contributed by atoms with E-state index >= 15 is 0 Å². The van der Waals surface area contributed by atoms with E-state index in [0.717, 1.165) is 16.7 Å². The Morgan fingerprint density at radius 2 is 1.71 bits per heavy atom. The van der Waals surface area contributed by atoms with Gasteiger partial charge in [-0.15, -0.1) is 0 Å². The summed E-state index contributed by atoms with van der Waals surface area (Å²) in [6.45, 7) is 4.02. The van der Waals surface area contributed by atoms with Crippen LogP contribution < -0.4 is 20.2 Å². The van der Waals surface area contributed by atoms with Gasteiger partial charge in [0.15, 0.2) is 11.5 Å². The number of hydrogen-bond acceptors (Lipinski definition) is 5. The number of benzene rings is 3. The van der Waals surface area contributed by atoms with Crippen LogP contribution in [-0.4, -0.2) is 25.1 Å². The Labute approximate surface area is 205 Å². The van der Waals surface area contributed by atoms with Gasteiger partial charge in [-0.25, -0.2) is 9.82 Å². The molecule has 2 amide bonds. The van der Waals surface area contributed by atoms with Gasteiger partial charge in [-0.3, -0.25) is 9.59 Å². The van der Waals surface area contributed by atoms with Gasteiger partial charge in [-0.2, -0.15) is 5.10 Å². The summed E-state index contributed by atoms with van der Waals surface area (Å²) in [6.07, 6.45) is 1.37. The summed E-state index contributed by atoms with van der Waals surface area (Å²) in [6, 6.07) is 14.9. The van der Waals surface area contributed by atoms with Crippen LogP contribution >= 0.6 is 15.9 Å². The van der Waals surface area contributed by atoms with Gasteiger partial charge in [-0.1, -0.05) is 18.2 Å². The van der Waals surface area contributed by atoms with Crippen LogP contribution in [-0.2, 0) is 16.2 Å². The van der Waals surface area contributed by atoms with Gasteiger partial charge in [0.05, 0.1) is 17.8 Å². The standard InChI is InChI=1S/C25H23BrFN3O4/c1-15-8-16(2)10-20(9-15)29-24(31)25(32)30-28-13-18-11-21(26)23(22(12-18)33-3)34-14-17-4-6-19(27)7-5-17/h4-13H,14H2,1-3H3,(H,29,31)(H,30,32).